The smallest absolute Gasteiger partial charge is 0.247 e. The molecule has 0 bridgehead atoms. The topological polar surface area (TPSA) is 58.6 Å². The maximum atomic E-state index is 13.1. The van der Waals surface area contributed by atoms with Crippen molar-refractivity contribution in [2.24, 2.45) is 5.92 Å². The number of ether oxygens (including phenoxy) is 1. The van der Waals surface area contributed by atoms with E-state index in [4.69, 9.17) is 4.74 Å². The van der Waals surface area contributed by atoms with E-state index < -0.39 is 6.04 Å². The number of amides is 2. The summed E-state index contributed by atoms with van der Waals surface area (Å²) >= 11 is 0. The van der Waals surface area contributed by atoms with E-state index in [-0.39, 0.29) is 23.5 Å². The zero-order chi connectivity index (χ0) is 23.9. The number of hydrogen-bond acceptors (Lipinski definition) is 3. The first-order valence-electron chi connectivity index (χ1n) is 11.7. The summed E-state index contributed by atoms with van der Waals surface area (Å²) in [4.78, 5) is 27.4. The molecule has 3 aromatic rings. The van der Waals surface area contributed by atoms with Crippen LogP contribution in [-0.4, -0.2) is 29.3 Å². The summed E-state index contributed by atoms with van der Waals surface area (Å²) in [5.41, 5.74) is 1.90. The standard InChI is InChI=1S/C28H29FN2O3/c1-2-27(32)31-19-21(9-8-20-6-4-3-5-7-20)18-26(31)28(33)30-23-12-16-25(17-13-23)34-24-14-10-22(29)11-15-24/h3-7,10-17,21,26H,2,8-9,18-19H2,1H3,(H,30,33). The molecule has 1 aliphatic heterocycles. The number of anilines is 1. The molecule has 1 fully saturated rings. The number of carbonyl (C=O) groups is 2. The molecule has 1 N–H and O–H groups in total. The van der Waals surface area contributed by atoms with Crippen molar-refractivity contribution in [2.45, 2.75) is 38.6 Å². The zero-order valence-electron chi connectivity index (χ0n) is 19.2. The Labute approximate surface area is 199 Å². The van der Waals surface area contributed by atoms with Crippen LogP contribution >= 0.6 is 0 Å². The van der Waals surface area contributed by atoms with Crippen molar-refractivity contribution in [3.63, 3.8) is 0 Å². The van der Waals surface area contributed by atoms with E-state index in [0.29, 0.717) is 36.6 Å². The van der Waals surface area contributed by atoms with Gasteiger partial charge in [0.25, 0.3) is 0 Å². The van der Waals surface area contributed by atoms with Gasteiger partial charge in [0.2, 0.25) is 11.8 Å². The summed E-state index contributed by atoms with van der Waals surface area (Å²) in [6, 6.07) is 22.6. The second-order valence-electron chi connectivity index (χ2n) is 8.61. The molecule has 0 spiro atoms. The number of nitrogens with one attached hydrogen (secondary N) is 1. The van der Waals surface area contributed by atoms with Gasteiger partial charge < -0.3 is 15.0 Å². The highest BCUT2D eigenvalue weighted by Gasteiger charge is 2.38. The Bertz CT molecular complexity index is 1100. The average molecular weight is 461 g/mol. The third-order valence-corrected chi connectivity index (χ3v) is 6.17. The van der Waals surface area contributed by atoms with Crippen LogP contribution in [0.1, 0.15) is 31.7 Å². The Kier molecular flexibility index (Phi) is 7.58. The molecule has 2 atom stereocenters. The van der Waals surface area contributed by atoms with Crippen LogP contribution < -0.4 is 10.1 Å². The van der Waals surface area contributed by atoms with Gasteiger partial charge in [0, 0.05) is 18.7 Å². The molecule has 6 heteroatoms. The van der Waals surface area contributed by atoms with Crippen LogP contribution in [0.2, 0.25) is 0 Å². The van der Waals surface area contributed by atoms with Crippen LogP contribution in [0.25, 0.3) is 0 Å². The van der Waals surface area contributed by atoms with Crippen molar-refractivity contribution in [3.8, 4) is 11.5 Å². The highest BCUT2D eigenvalue weighted by atomic mass is 19.1. The first kappa shape index (κ1) is 23.5. The lowest BCUT2D eigenvalue weighted by atomic mass is 9.97. The van der Waals surface area contributed by atoms with Crippen LogP contribution in [-0.2, 0) is 16.0 Å². The van der Waals surface area contributed by atoms with Gasteiger partial charge >= 0.3 is 0 Å². The van der Waals surface area contributed by atoms with Gasteiger partial charge in [-0.05, 0) is 79.3 Å². The monoisotopic (exact) mass is 460 g/mol. The minimum Gasteiger partial charge on any atom is -0.457 e. The number of aryl methyl sites for hydroxylation is 1. The Morgan fingerprint density at radius 1 is 0.971 bits per heavy atom. The van der Waals surface area contributed by atoms with E-state index >= 15 is 0 Å². The Hall–Kier alpha value is -3.67. The molecule has 1 aliphatic rings. The second kappa shape index (κ2) is 11.0. The van der Waals surface area contributed by atoms with Gasteiger partial charge in [-0.25, -0.2) is 4.39 Å². The normalized spacial score (nSPS) is 17.4. The lowest BCUT2D eigenvalue weighted by Gasteiger charge is -2.23. The summed E-state index contributed by atoms with van der Waals surface area (Å²) in [6.07, 6.45) is 2.92. The van der Waals surface area contributed by atoms with Crippen LogP contribution in [0, 0.1) is 11.7 Å². The largest absolute Gasteiger partial charge is 0.457 e. The molecule has 0 saturated carbocycles. The van der Waals surface area contributed by atoms with Gasteiger partial charge in [0.05, 0.1) is 0 Å². The fraction of sp³-hybridized carbons (Fsp3) is 0.286. The molecule has 34 heavy (non-hydrogen) atoms. The van der Waals surface area contributed by atoms with Crippen LogP contribution in [0.5, 0.6) is 11.5 Å². The highest BCUT2D eigenvalue weighted by molar-refractivity contribution is 5.97. The number of benzene rings is 3. The summed E-state index contributed by atoms with van der Waals surface area (Å²) < 4.78 is 18.8. The number of halogens is 1. The number of carbonyl (C=O) groups excluding carboxylic acids is 2. The van der Waals surface area contributed by atoms with Crippen LogP contribution in [0.4, 0.5) is 10.1 Å². The molecule has 0 radical (unpaired) electrons. The first-order chi connectivity index (χ1) is 16.5. The van der Waals surface area contributed by atoms with Crippen LogP contribution in [0.15, 0.2) is 78.9 Å². The number of nitrogens with zero attached hydrogens (tertiary/aromatic N) is 1. The van der Waals surface area contributed by atoms with E-state index in [2.05, 4.69) is 17.4 Å². The molecule has 4 rings (SSSR count). The number of likely N-dealkylation sites (tertiary alicyclic amines) is 1. The van der Waals surface area contributed by atoms with Gasteiger partial charge in [-0.2, -0.15) is 0 Å². The van der Waals surface area contributed by atoms with Gasteiger partial charge in [-0.3, -0.25) is 9.59 Å². The summed E-state index contributed by atoms with van der Waals surface area (Å²) in [7, 11) is 0. The molecule has 0 aromatic heterocycles. The predicted molar refractivity (Wildman–Crippen MR) is 130 cm³/mol. The van der Waals surface area contributed by atoms with E-state index in [9.17, 15) is 14.0 Å². The van der Waals surface area contributed by atoms with Crippen molar-refractivity contribution in [3.05, 3.63) is 90.2 Å². The number of rotatable bonds is 8. The molecule has 2 amide bonds. The minimum atomic E-state index is -0.469. The van der Waals surface area contributed by atoms with Gasteiger partial charge in [0.15, 0.2) is 0 Å². The Balaban J connectivity index is 1.36. The Morgan fingerprint density at radius 2 is 1.62 bits per heavy atom. The molecule has 3 aromatic carbocycles. The molecular formula is C28H29FN2O3. The van der Waals surface area contributed by atoms with E-state index in [0.717, 1.165) is 12.8 Å². The average Bonchev–Trinajstić information content (AvgIpc) is 3.30. The molecule has 0 aliphatic carbocycles. The van der Waals surface area contributed by atoms with Crippen molar-refractivity contribution in [2.75, 3.05) is 11.9 Å². The third kappa shape index (κ3) is 6.01. The van der Waals surface area contributed by atoms with Crippen molar-refractivity contribution in [1.29, 1.82) is 0 Å². The molecule has 2 unspecified atom stereocenters. The molecular weight excluding hydrogens is 431 g/mol. The fourth-order valence-electron chi connectivity index (χ4n) is 4.35. The molecule has 1 saturated heterocycles. The lowest BCUT2D eigenvalue weighted by molar-refractivity contribution is -0.136. The van der Waals surface area contributed by atoms with Crippen molar-refractivity contribution >= 4 is 17.5 Å². The van der Waals surface area contributed by atoms with Crippen molar-refractivity contribution in [1.82, 2.24) is 4.90 Å². The predicted octanol–water partition coefficient (Wildman–Crippen LogP) is 5.82. The fourth-order valence-corrected chi connectivity index (χ4v) is 4.35. The SMILES string of the molecule is CCC(=O)N1CC(CCc2ccccc2)CC1C(=O)Nc1ccc(Oc2ccc(F)cc2)cc1. The van der Waals surface area contributed by atoms with E-state index in [1.54, 1.807) is 41.3 Å². The highest BCUT2D eigenvalue weighted by Crippen LogP contribution is 2.29. The zero-order valence-corrected chi connectivity index (χ0v) is 19.2. The van der Waals surface area contributed by atoms with Gasteiger partial charge in [-0.1, -0.05) is 37.3 Å². The molecule has 1 heterocycles. The number of hydrogen-bond donors (Lipinski definition) is 1. The molecule has 5 nitrogen and oxygen atoms in total. The third-order valence-electron chi connectivity index (χ3n) is 6.17. The van der Waals surface area contributed by atoms with E-state index in [1.807, 2.05) is 25.1 Å². The van der Waals surface area contributed by atoms with Gasteiger partial charge in [0.1, 0.15) is 23.4 Å². The van der Waals surface area contributed by atoms with E-state index in [1.165, 1.54) is 17.7 Å². The summed E-state index contributed by atoms with van der Waals surface area (Å²) in [6.45, 7) is 2.44. The minimum absolute atomic E-state index is 0.00501. The van der Waals surface area contributed by atoms with Gasteiger partial charge in [-0.15, -0.1) is 0 Å². The molecule has 176 valence electrons. The maximum Gasteiger partial charge on any atom is 0.247 e. The van der Waals surface area contributed by atoms with Crippen molar-refractivity contribution < 1.29 is 18.7 Å². The second-order valence-corrected chi connectivity index (χ2v) is 8.61. The first-order valence-corrected chi connectivity index (χ1v) is 11.7. The maximum absolute atomic E-state index is 13.1. The quantitative estimate of drug-likeness (QED) is 0.461. The van der Waals surface area contributed by atoms with Crippen LogP contribution in [0.3, 0.4) is 0 Å². The Morgan fingerprint density at radius 3 is 2.26 bits per heavy atom. The summed E-state index contributed by atoms with van der Waals surface area (Å²) in [5.74, 6) is 0.906. The summed E-state index contributed by atoms with van der Waals surface area (Å²) in [5, 5.41) is 2.95. The lowest BCUT2D eigenvalue weighted by Crippen LogP contribution is -2.42.